The van der Waals surface area contributed by atoms with E-state index in [1.165, 1.54) is 24.9 Å². The van der Waals surface area contributed by atoms with Gasteiger partial charge in [-0.05, 0) is 54.3 Å². The molecule has 1 fully saturated rings. The standard InChI is InChI=1S/C23H20BrN5/c24-17-5-3-4-16(12-17)19-13-20(28-23-21(19)22(25)26-14-27-23)15-6-8-18(9-7-15)29-10-1-2-11-29/h3-9,12-14H,1-2,10-11H2,(H2,25,26,27,28). The molecule has 0 atom stereocenters. The molecular formula is C23H20BrN5. The number of halogens is 1. The van der Waals surface area contributed by atoms with Gasteiger partial charge in [0.15, 0.2) is 5.65 Å². The lowest BCUT2D eigenvalue weighted by molar-refractivity contribution is 0.949. The van der Waals surface area contributed by atoms with E-state index in [0.717, 1.165) is 45.3 Å². The third-order valence-electron chi connectivity index (χ3n) is 5.40. The summed E-state index contributed by atoms with van der Waals surface area (Å²) in [6, 6.07) is 18.9. The van der Waals surface area contributed by atoms with Crippen LogP contribution in [0.5, 0.6) is 0 Å². The Labute approximate surface area is 177 Å². The highest BCUT2D eigenvalue weighted by atomic mass is 79.9. The predicted octanol–water partition coefficient (Wildman–Crippen LogP) is 5.30. The maximum absolute atomic E-state index is 6.20. The van der Waals surface area contributed by atoms with Crippen molar-refractivity contribution in [1.29, 1.82) is 0 Å². The van der Waals surface area contributed by atoms with Gasteiger partial charge in [0.1, 0.15) is 12.1 Å². The molecule has 0 saturated carbocycles. The molecule has 144 valence electrons. The van der Waals surface area contributed by atoms with E-state index in [1.807, 2.05) is 12.1 Å². The number of aromatic nitrogens is 3. The fourth-order valence-electron chi connectivity index (χ4n) is 3.94. The number of anilines is 2. The van der Waals surface area contributed by atoms with Crippen molar-refractivity contribution < 1.29 is 0 Å². The van der Waals surface area contributed by atoms with Crippen LogP contribution in [0, 0.1) is 0 Å². The van der Waals surface area contributed by atoms with Gasteiger partial charge in [-0.15, -0.1) is 0 Å². The first-order valence-electron chi connectivity index (χ1n) is 9.71. The van der Waals surface area contributed by atoms with Crippen molar-refractivity contribution in [2.24, 2.45) is 0 Å². The Morgan fingerprint density at radius 2 is 1.69 bits per heavy atom. The van der Waals surface area contributed by atoms with Crippen molar-refractivity contribution in [2.45, 2.75) is 12.8 Å². The van der Waals surface area contributed by atoms with Crippen LogP contribution in [-0.4, -0.2) is 28.0 Å². The van der Waals surface area contributed by atoms with Gasteiger partial charge in [0.2, 0.25) is 0 Å². The molecule has 0 spiro atoms. The van der Waals surface area contributed by atoms with Gasteiger partial charge in [-0.3, -0.25) is 0 Å². The molecule has 3 heterocycles. The molecule has 0 radical (unpaired) electrons. The lowest BCUT2D eigenvalue weighted by Gasteiger charge is -2.18. The van der Waals surface area contributed by atoms with Crippen molar-refractivity contribution >= 4 is 38.5 Å². The highest BCUT2D eigenvalue weighted by Gasteiger charge is 2.15. The largest absolute Gasteiger partial charge is 0.383 e. The van der Waals surface area contributed by atoms with Crippen LogP contribution in [0.4, 0.5) is 11.5 Å². The third-order valence-corrected chi connectivity index (χ3v) is 5.90. The van der Waals surface area contributed by atoms with Gasteiger partial charge in [0.25, 0.3) is 0 Å². The number of nitrogen functional groups attached to an aromatic ring is 1. The lowest BCUT2D eigenvalue weighted by atomic mass is 10.00. The summed E-state index contributed by atoms with van der Waals surface area (Å²) in [6.07, 6.45) is 4.01. The van der Waals surface area contributed by atoms with E-state index >= 15 is 0 Å². The van der Waals surface area contributed by atoms with Crippen LogP contribution in [0.2, 0.25) is 0 Å². The molecule has 2 aromatic heterocycles. The van der Waals surface area contributed by atoms with Crippen molar-refractivity contribution in [3.63, 3.8) is 0 Å². The summed E-state index contributed by atoms with van der Waals surface area (Å²) in [7, 11) is 0. The van der Waals surface area contributed by atoms with E-state index in [0.29, 0.717) is 11.5 Å². The minimum atomic E-state index is 0.438. The third kappa shape index (κ3) is 3.44. The number of fused-ring (bicyclic) bond motifs is 1. The highest BCUT2D eigenvalue weighted by molar-refractivity contribution is 9.10. The Morgan fingerprint density at radius 1 is 0.897 bits per heavy atom. The van der Waals surface area contributed by atoms with Crippen molar-refractivity contribution in [3.8, 4) is 22.4 Å². The molecule has 1 aliphatic heterocycles. The summed E-state index contributed by atoms with van der Waals surface area (Å²) >= 11 is 3.56. The maximum atomic E-state index is 6.20. The summed E-state index contributed by atoms with van der Waals surface area (Å²) in [5.41, 5.74) is 12.0. The molecule has 2 aromatic carbocycles. The van der Waals surface area contributed by atoms with Crippen LogP contribution in [0.1, 0.15) is 12.8 Å². The van der Waals surface area contributed by atoms with Gasteiger partial charge in [-0.1, -0.05) is 40.2 Å². The monoisotopic (exact) mass is 445 g/mol. The smallest absolute Gasteiger partial charge is 0.165 e. The SMILES string of the molecule is Nc1ncnc2nc(-c3ccc(N4CCCC4)cc3)cc(-c3cccc(Br)c3)c12. The van der Waals surface area contributed by atoms with Crippen molar-refractivity contribution in [3.05, 3.63) is 65.4 Å². The Bertz CT molecular complexity index is 1180. The Balaban J connectivity index is 1.65. The van der Waals surface area contributed by atoms with E-state index in [1.54, 1.807) is 0 Å². The minimum Gasteiger partial charge on any atom is -0.383 e. The van der Waals surface area contributed by atoms with Crippen LogP contribution in [0.15, 0.2) is 65.4 Å². The zero-order valence-electron chi connectivity index (χ0n) is 15.8. The number of hydrogen-bond acceptors (Lipinski definition) is 5. The average Bonchev–Trinajstić information content (AvgIpc) is 3.28. The number of nitrogens with zero attached hydrogens (tertiary/aromatic N) is 4. The molecule has 2 N–H and O–H groups in total. The van der Waals surface area contributed by atoms with Crippen LogP contribution in [-0.2, 0) is 0 Å². The Hall–Kier alpha value is -2.99. The molecule has 0 bridgehead atoms. The minimum absolute atomic E-state index is 0.438. The summed E-state index contributed by atoms with van der Waals surface area (Å²) in [6.45, 7) is 2.27. The molecule has 0 unspecified atom stereocenters. The van der Waals surface area contributed by atoms with Crippen LogP contribution in [0.3, 0.4) is 0 Å². The van der Waals surface area contributed by atoms with E-state index in [9.17, 15) is 0 Å². The second kappa shape index (κ2) is 7.44. The average molecular weight is 446 g/mol. The Kier molecular flexibility index (Phi) is 4.64. The molecule has 0 aliphatic carbocycles. The van der Waals surface area contributed by atoms with Gasteiger partial charge in [-0.25, -0.2) is 15.0 Å². The zero-order chi connectivity index (χ0) is 19.8. The molecule has 0 amide bonds. The number of pyridine rings is 1. The van der Waals surface area contributed by atoms with Gasteiger partial charge >= 0.3 is 0 Å². The summed E-state index contributed by atoms with van der Waals surface area (Å²) in [5.74, 6) is 0.438. The second-order valence-electron chi connectivity index (χ2n) is 7.26. The van der Waals surface area contributed by atoms with Crippen LogP contribution in [0.25, 0.3) is 33.4 Å². The van der Waals surface area contributed by atoms with E-state index in [-0.39, 0.29) is 0 Å². The Morgan fingerprint density at radius 3 is 2.45 bits per heavy atom. The lowest BCUT2D eigenvalue weighted by Crippen LogP contribution is -2.17. The van der Waals surface area contributed by atoms with E-state index in [2.05, 4.69) is 73.3 Å². The van der Waals surface area contributed by atoms with Gasteiger partial charge < -0.3 is 10.6 Å². The number of benzene rings is 2. The topological polar surface area (TPSA) is 67.9 Å². The fourth-order valence-corrected chi connectivity index (χ4v) is 4.34. The molecule has 29 heavy (non-hydrogen) atoms. The van der Waals surface area contributed by atoms with Crippen molar-refractivity contribution in [2.75, 3.05) is 23.7 Å². The molecule has 4 aromatic rings. The summed E-state index contributed by atoms with van der Waals surface area (Å²) in [5, 5.41) is 0.781. The van der Waals surface area contributed by atoms with Gasteiger partial charge in [-0.2, -0.15) is 0 Å². The molecule has 5 rings (SSSR count). The first-order chi connectivity index (χ1) is 14.2. The normalized spacial score (nSPS) is 13.9. The zero-order valence-corrected chi connectivity index (χ0v) is 17.4. The first-order valence-corrected chi connectivity index (χ1v) is 10.5. The molecular weight excluding hydrogens is 426 g/mol. The number of hydrogen-bond donors (Lipinski definition) is 1. The number of rotatable bonds is 3. The quantitative estimate of drug-likeness (QED) is 0.462. The molecule has 1 aliphatic rings. The van der Waals surface area contributed by atoms with Gasteiger partial charge in [0.05, 0.1) is 11.1 Å². The van der Waals surface area contributed by atoms with E-state index in [4.69, 9.17) is 10.7 Å². The molecule has 5 nitrogen and oxygen atoms in total. The van der Waals surface area contributed by atoms with E-state index < -0.39 is 0 Å². The molecule has 6 heteroatoms. The van der Waals surface area contributed by atoms with Crippen LogP contribution >= 0.6 is 15.9 Å². The van der Waals surface area contributed by atoms with Crippen LogP contribution < -0.4 is 10.6 Å². The number of nitrogens with two attached hydrogens (primary N) is 1. The van der Waals surface area contributed by atoms with Gasteiger partial charge in [0, 0.05) is 28.8 Å². The molecule has 1 saturated heterocycles. The van der Waals surface area contributed by atoms with Crippen molar-refractivity contribution in [1.82, 2.24) is 15.0 Å². The second-order valence-corrected chi connectivity index (χ2v) is 8.18. The predicted molar refractivity (Wildman–Crippen MR) is 122 cm³/mol. The first kappa shape index (κ1) is 18.1. The summed E-state index contributed by atoms with van der Waals surface area (Å²) in [4.78, 5) is 15.8. The fraction of sp³-hybridized carbons (Fsp3) is 0.174. The summed E-state index contributed by atoms with van der Waals surface area (Å²) < 4.78 is 1.01. The maximum Gasteiger partial charge on any atom is 0.165 e. The highest BCUT2D eigenvalue weighted by Crippen LogP contribution is 2.35.